The second-order valence-corrected chi connectivity index (χ2v) is 2.72. The molecule has 0 radical (unpaired) electrons. The molecular formula is C7H9NOS. The van der Waals surface area contributed by atoms with Gasteiger partial charge in [-0.1, -0.05) is 0 Å². The Morgan fingerprint density at radius 3 is 3.10 bits per heavy atom. The second-order valence-electron chi connectivity index (χ2n) is 1.85. The SMILES string of the molecule is CSc1ccnc(CO)c1. The fourth-order valence-electron chi connectivity index (χ4n) is 0.669. The van der Waals surface area contributed by atoms with Crippen molar-refractivity contribution in [2.45, 2.75) is 11.5 Å². The number of aliphatic hydroxyl groups is 1. The highest BCUT2D eigenvalue weighted by Gasteiger charge is 1.92. The minimum atomic E-state index is 0.0222. The summed E-state index contributed by atoms with van der Waals surface area (Å²) in [5.74, 6) is 0. The number of aliphatic hydroxyl groups excluding tert-OH is 1. The van der Waals surface area contributed by atoms with E-state index in [-0.39, 0.29) is 6.61 Å². The smallest absolute Gasteiger partial charge is 0.0853 e. The molecule has 1 aromatic heterocycles. The van der Waals surface area contributed by atoms with E-state index >= 15 is 0 Å². The molecule has 0 saturated heterocycles. The van der Waals surface area contributed by atoms with Gasteiger partial charge in [0.15, 0.2) is 0 Å². The third kappa shape index (κ3) is 1.72. The van der Waals surface area contributed by atoms with Gasteiger partial charge in [0.1, 0.15) is 0 Å². The zero-order chi connectivity index (χ0) is 7.40. The highest BCUT2D eigenvalue weighted by Crippen LogP contribution is 2.13. The number of hydrogen-bond donors (Lipinski definition) is 1. The predicted octanol–water partition coefficient (Wildman–Crippen LogP) is 1.30. The van der Waals surface area contributed by atoms with Crippen molar-refractivity contribution in [1.82, 2.24) is 4.98 Å². The maximum atomic E-state index is 8.69. The van der Waals surface area contributed by atoms with Crippen LogP contribution in [0.2, 0.25) is 0 Å². The molecule has 1 rings (SSSR count). The molecule has 0 aliphatic carbocycles. The molecule has 0 saturated carbocycles. The van der Waals surface area contributed by atoms with Gasteiger partial charge in [-0.2, -0.15) is 0 Å². The molecule has 0 amide bonds. The number of thioether (sulfide) groups is 1. The van der Waals surface area contributed by atoms with Crippen molar-refractivity contribution < 1.29 is 5.11 Å². The number of pyridine rings is 1. The van der Waals surface area contributed by atoms with E-state index in [1.54, 1.807) is 18.0 Å². The first-order chi connectivity index (χ1) is 4.86. The molecule has 54 valence electrons. The van der Waals surface area contributed by atoms with Gasteiger partial charge in [-0.25, -0.2) is 0 Å². The normalized spacial score (nSPS) is 9.80. The zero-order valence-electron chi connectivity index (χ0n) is 5.74. The standard InChI is InChI=1S/C7H9NOS/c1-10-7-2-3-8-6(4-7)5-9/h2-4,9H,5H2,1H3. The highest BCUT2D eigenvalue weighted by molar-refractivity contribution is 7.98. The van der Waals surface area contributed by atoms with Gasteiger partial charge in [-0.05, 0) is 18.4 Å². The van der Waals surface area contributed by atoms with Crippen LogP contribution in [-0.4, -0.2) is 16.3 Å². The molecule has 2 nitrogen and oxygen atoms in total. The lowest BCUT2D eigenvalue weighted by Crippen LogP contribution is -1.87. The molecule has 0 unspecified atom stereocenters. The Kier molecular flexibility index (Phi) is 2.71. The summed E-state index contributed by atoms with van der Waals surface area (Å²) >= 11 is 1.65. The van der Waals surface area contributed by atoms with Gasteiger partial charge in [-0.15, -0.1) is 11.8 Å². The summed E-state index contributed by atoms with van der Waals surface area (Å²) in [5.41, 5.74) is 0.729. The van der Waals surface area contributed by atoms with E-state index in [4.69, 9.17) is 5.11 Å². The van der Waals surface area contributed by atoms with E-state index in [1.165, 1.54) is 0 Å². The van der Waals surface area contributed by atoms with Gasteiger partial charge >= 0.3 is 0 Å². The zero-order valence-corrected chi connectivity index (χ0v) is 6.56. The summed E-state index contributed by atoms with van der Waals surface area (Å²) < 4.78 is 0. The highest BCUT2D eigenvalue weighted by atomic mass is 32.2. The Bertz CT molecular complexity index is 195. The van der Waals surface area contributed by atoms with Crippen molar-refractivity contribution in [3.8, 4) is 0 Å². The van der Waals surface area contributed by atoms with E-state index < -0.39 is 0 Å². The first kappa shape index (κ1) is 7.57. The lowest BCUT2D eigenvalue weighted by molar-refractivity contribution is 0.276. The summed E-state index contributed by atoms with van der Waals surface area (Å²) in [5, 5.41) is 8.69. The van der Waals surface area contributed by atoms with Crippen LogP contribution < -0.4 is 0 Å². The van der Waals surface area contributed by atoms with Gasteiger partial charge in [0.2, 0.25) is 0 Å². The van der Waals surface area contributed by atoms with Crippen LogP contribution >= 0.6 is 11.8 Å². The molecule has 0 aliphatic heterocycles. The summed E-state index contributed by atoms with van der Waals surface area (Å²) in [6.07, 6.45) is 3.70. The molecule has 1 aromatic rings. The van der Waals surface area contributed by atoms with Crippen LogP contribution in [-0.2, 0) is 6.61 Å². The third-order valence-corrected chi connectivity index (χ3v) is 1.91. The van der Waals surface area contributed by atoms with E-state index in [2.05, 4.69) is 4.98 Å². The Balaban J connectivity index is 2.87. The number of aromatic nitrogens is 1. The average Bonchev–Trinajstić information content (AvgIpc) is 2.05. The Hall–Kier alpha value is -0.540. The second kappa shape index (κ2) is 3.58. The van der Waals surface area contributed by atoms with E-state index in [1.807, 2.05) is 18.4 Å². The monoisotopic (exact) mass is 155 g/mol. The third-order valence-electron chi connectivity index (χ3n) is 1.19. The first-order valence-electron chi connectivity index (χ1n) is 2.96. The molecule has 1 heterocycles. The molecule has 0 aromatic carbocycles. The van der Waals surface area contributed by atoms with Crippen molar-refractivity contribution in [2.24, 2.45) is 0 Å². The summed E-state index contributed by atoms with van der Waals surface area (Å²) in [4.78, 5) is 5.08. The van der Waals surface area contributed by atoms with Crippen molar-refractivity contribution in [3.63, 3.8) is 0 Å². The number of nitrogens with zero attached hydrogens (tertiary/aromatic N) is 1. The molecule has 0 fully saturated rings. The summed E-state index contributed by atoms with van der Waals surface area (Å²) in [6, 6.07) is 3.80. The fraction of sp³-hybridized carbons (Fsp3) is 0.286. The van der Waals surface area contributed by atoms with Crippen LogP contribution in [0.3, 0.4) is 0 Å². The maximum absolute atomic E-state index is 8.69. The molecule has 0 bridgehead atoms. The van der Waals surface area contributed by atoms with Crippen molar-refractivity contribution in [1.29, 1.82) is 0 Å². The van der Waals surface area contributed by atoms with Gasteiger partial charge in [-0.3, -0.25) is 4.98 Å². The molecule has 0 aliphatic rings. The van der Waals surface area contributed by atoms with Gasteiger partial charge in [0, 0.05) is 11.1 Å². The first-order valence-corrected chi connectivity index (χ1v) is 4.19. The Morgan fingerprint density at radius 1 is 1.70 bits per heavy atom. The Morgan fingerprint density at radius 2 is 2.50 bits per heavy atom. The predicted molar refractivity (Wildman–Crippen MR) is 41.9 cm³/mol. The number of hydrogen-bond acceptors (Lipinski definition) is 3. The lowest BCUT2D eigenvalue weighted by Gasteiger charge is -1.96. The molecule has 1 N–H and O–H groups in total. The van der Waals surface area contributed by atoms with Crippen LogP contribution in [0.15, 0.2) is 23.2 Å². The van der Waals surface area contributed by atoms with Gasteiger partial charge in [0.25, 0.3) is 0 Å². The minimum absolute atomic E-state index is 0.0222. The van der Waals surface area contributed by atoms with Crippen LogP contribution in [0.1, 0.15) is 5.69 Å². The quantitative estimate of drug-likeness (QED) is 0.653. The minimum Gasteiger partial charge on any atom is -0.390 e. The van der Waals surface area contributed by atoms with E-state index in [0.29, 0.717) is 0 Å². The van der Waals surface area contributed by atoms with Crippen LogP contribution in [0.4, 0.5) is 0 Å². The van der Waals surface area contributed by atoms with Crippen molar-refractivity contribution >= 4 is 11.8 Å². The van der Waals surface area contributed by atoms with Crippen LogP contribution in [0.25, 0.3) is 0 Å². The van der Waals surface area contributed by atoms with Crippen LogP contribution in [0, 0.1) is 0 Å². The largest absolute Gasteiger partial charge is 0.390 e. The van der Waals surface area contributed by atoms with Crippen molar-refractivity contribution in [2.75, 3.05) is 6.26 Å². The average molecular weight is 155 g/mol. The van der Waals surface area contributed by atoms with E-state index in [9.17, 15) is 0 Å². The number of rotatable bonds is 2. The van der Waals surface area contributed by atoms with Gasteiger partial charge in [0.05, 0.1) is 12.3 Å². The van der Waals surface area contributed by atoms with Crippen molar-refractivity contribution in [3.05, 3.63) is 24.0 Å². The molecule has 0 spiro atoms. The van der Waals surface area contributed by atoms with Crippen LogP contribution in [0.5, 0.6) is 0 Å². The molecule has 0 atom stereocenters. The molecule has 3 heteroatoms. The fourth-order valence-corrected chi connectivity index (χ4v) is 1.12. The molecular weight excluding hydrogens is 146 g/mol. The lowest BCUT2D eigenvalue weighted by atomic mass is 10.4. The molecule has 10 heavy (non-hydrogen) atoms. The Labute approximate surface area is 64.3 Å². The maximum Gasteiger partial charge on any atom is 0.0853 e. The summed E-state index contributed by atoms with van der Waals surface area (Å²) in [7, 11) is 0. The van der Waals surface area contributed by atoms with E-state index in [0.717, 1.165) is 10.6 Å². The summed E-state index contributed by atoms with van der Waals surface area (Å²) in [6.45, 7) is 0.0222. The van der Waals surface area contributed by atoms with Gasteiger partial charge < -0.3 is 5.11 Å². The topological polar surface area (TPSA) is 33.1 Å².